The van der Waals surface area contributed by atoms with Gasteiger partial charge in [0.2, 0.25) is 0 Å². The molecule has 10 nitrogen and oxygen atoms in total. The SMILES string of the molecule is CCOC(Cc1c(NC(=O)OC(C)(C)C)ncnc1-c1cnn([C@H](CC#N)C2CCCC2)c1)OCC. The van der Waals surface area contributed by atoms with E-state index in [9.17, 15) is 10.1 Å². The molecule has 0 saturated heterocycles. The van der Waals surface area contributed by atoms with Crippen LogP contribution in [0.2, 0.25) is 0 Å². The smallest absolute Gasteiger partial charge is 0.413 e. The van der Waals surface area contributed by atoms with Crippen molar-refractivity contribution in [1.82, 2.24) is 19.7 Å². The van der Waals surface area contributed by atoms with Gasteiger partial charge in [0.25, 0.3) is 0 Å². The van der Waals surface area contributed by atoms with Crippen LogP contribution in [0.1, 0.15) is 78.3 Å². The summed E-state index contributed by atoms with van der Waals surface area (Å²) < 4.78 is 18.9. The molecule has 10 heteroatoms. The van der Waals surface area contributed by atoms with Gasteiger partial charge in [-0.2, -0.15) is 10.4 Å². The van der Waals surface area contributed by atoms with Crippen molar-refractivity contribution in [3.05, 3.63) is 24.3 Å². The maximum Gasteiger partial charge on any atom is 0.413 e. The Morgan fingerprint density at radius 2 is 1.92 bits per heavy atom. The van der Waals surface area contributed by atoms with E-state index < -0.39 is 18.0 Å². The van der Waals surface area contributed by atoms with E-state index >= 15 is 0 Å². The number of nitrogens with one attached hydrogen (secondary N) is 1. The minimum Gasteiger partial charge on any atom is -0.444 e. The van der Waals surface area contributed by atoms with Gasteiger partial charge >= 0.3 is 6.09 Å². The molecule has 1 amide bonds. The highest BCUT2D eigenvalue weighted by Crippen LogP contribution is 2.37. The Hall–Kier alpha value is -3.03. The van der Waals surface area contributed by atoms with E-state index in [-0.39, 0.29) is 6.04 Å². The molecule has 0 aliphatic heterocycles. The molecule has 1 fully saturated rings. The van der Waals surface area contributed by atoms with Gasteiger partial charge < -0.3 is 14.2 Å². The first kappa shape index (κ1) is 27.6. The van der Waals surface area contributed by atoms with Crippen molar-refractivity contribution in [3.8, 4) is 17.3 Å². The number of nitriles is 1. The van der Waals surface area contributed by atoms with Crippen molar-refractivity contribution in [1.29, 1.82) is 5.26 Å². The lowest BCUT2D eigenvalue weighted by atomic mass is 9.96. The van der Waals surface area contributed by atoms with Crippen LogP contribution in [0, 0.1) is 17.2 Å². The van der Waals surface area contributed by atoms with Crippen LogP contribution in [0.15, 0.2) is 18.7 Å². The first-order valence-corrected chi connectivity index (χ1v) is 12.7. The van der Waals surface area contributed by atoms with Gasteiger partial charge in [-0.25, -0.2) is 14.8 Å². The summed E-state index contributed by atoms with van der Waals surface area (Å²) >= 11 is 0. The highest BCUT2D eigenvalue weighted by molar-refractivity contribution is 5.86. The van der Waals surface area contributed by atoms with Crippen molar-refractivity contribution in [2.24, 2.45) is 5.92 Å². The molecule has 1 aliphatic carbocycles. The fourth-order valence-corrected chi connectivity index (χ4v) is 4.62. The standard InChI is InChI=1S/C26H38N6O4/c1-6-34-22(35-7-2)14-20-23(28-17-29-24(20)31-25(33)36-26(3,4)5)19-15-30-32(16-19)21(12-13-27)18-10-8-9-11-18/h15-18,21-22H,6-12,14H2,1-5H3,(H,28,29,31,33)/t21-/m1/s1. The first-order valence-electron chi connectivity index (χ1n) is 12.7. The predicted molar refractivity (Wildman–Crippen MR) is 135 cm³/mol. The van der Waals surface area contributed by atoms with Gasteiger partial charge in [0.15, 0.2) is 6.29 Å². The number of anilines is 1. The van der Waals surface area contributed by atoms with E-state index in [0.29, 0.717) is 49.0 Å². The predicted octanol–water partition coefficient (Wildman–Crippen LogP) is 5.27. The molecule has 2 heterocycles. The topological polar surface area (TPSA) is 124 Å². The van der Waals surface area contributed by atoms with Crippen LogP contribution in [0.4, 0.5) is 10.6 Å². The number of aromatic nitrogens is 4. The molecule has 0 bridgehead atoms. The second-order valence-electron chi connectivity index (χ2n) is 9.90. The molecular weight excluding hydrogens is 460 g/mol. The van der Waals surface area contributed by atoms with E-state index in [1.54, 1.807) is 27.0 Å². The number of amides is 1. The zero-order valence-corrected chi connectivity index (χ0v) is 22.0. The van der Waals surface area contributed by atoms with Crippen LogP contribution in [0.25, 0.3) is 11.3 Å². The minimum atomic E-state index is -0.656. The summed E-state index contributed by atoms with van der Waals surface area (Å²) in [6, 6.07) is 2.35. The molecule has 0 spiro atoms. The van der Waals surface area contributed by atoms with Crippen LogP contribution in [-0.4, -0.2) is 50.9 Å². The summed E-state index contributed by atoms with van der Waals surface area (Å²) in [4.78, 5) is 21.5. The second-order valence-corrected chi connectivity index (χ2v) is 9.90. The van der Waals surface area contributed by atoms with E-state index in [0.717, 1.165) is 18.4 Å². The van der Waals surface area contributed by atoms with Gasteiger partial charge in [0, 0.05) is 37.0 Å². The molecule has 1 saturated carbocycles. The number of carbonyl (C=O) groups excluding carboxylic acids is 1. The van der Waals surface area contributed by atoms with Gasteiger partial charge in [-0.05, 0) is 53.4 Å². The average molecular weight is 499 g/mol. The highest BCUT2D eigenvalue weighted by Gasteiger charge is 2.28. The molecule has 196 valence electrons. The van der Waals surface area contributed by atoms with E-state index in [2.05, 4.69) is 26.5 Å². The van der Waals surface area contributed by atoms with Crippen LogP contribution >= 0.6 is 0 Å². The van der Waals surface area contributed by atoms with Crippen molar-refractivity contribution < 1.29 is 19.0 Å². The Bertz CT molecular complexity index is 1030. The summed E-state index contributed by atoms with van der Waals surface area (Å²) in [5.41, 5.74) is 1.39. The Labute approximate surface area is 213 Å². The molecular formula is C26H38N6O4. The van der Waals surface area contributed by atoms with Gasteiger partial charge in [0.05, 0.1) is 30.4 Å². The zero-order chi connectivity index (χ0) is 26.1. The third-order valence-electron chi connectivity index (χ3n) is 6.10. The number of hydrogen-bond acceptors (Lipinski definition) is 8. The van der Waals surface area contributed by atoms with Gasteiger partial charge in [-0.15, -0.1) is 0 Å². The summed E-state index contributed by atoms with van der Waals surface area (Å²) in [6.45, 7) is 10.1. The molecule has 1 N–H and O–H groups in total. The van der Waals surface area contributed by atoms with Crippen molar-refractivity contribution in [2.45, 2.75) is 91.1 Å². The maximum absolute atomic E-state index is 12.6. The normalized spacial score (nSPS) is 15.1. The van der Waals surface area contributed by atoms with E-state index in [4.69, 9.17) is 14.2 Å². The Balaban J connectivity index is 1.98. The molecule has 0 aromatic carbocycles. The average Bonchev–Trinajstić information content (AvgIpc) is 3.50. The summed E-state index contributed by atoms with van der Waals surface area (Å²) in [5.74, 6) is 0.766. The minimum absolute atomic E-state index is 0.0236. The summed E-state index contributed by atoms with van der Waals surface area (Å²) in [7, 11) is 0. The molecule has 2 aromatic heterocycles. The van der Waals surface area contributed by atoms with Gasteiger partial charge in [-0.3, -0.25) is 10.00 Å². The molecule has 36 heavy (non-hydrogen) atoms. The van der Waals surface area contributed by atoms with Crippen molar-refractivity contribution in [3.63, 3.8) is 0 Å². The van der Waals surface area contributed by atoms with Gasteiger partial charge in [0.1, 0.15) is 17.7 Å². The summed E-state index contributed by atoms with van der Waals surface area (Å²) in [5, 5.41) is 16.8. The molecule has 1 aliphatic rings. The van der Waals surface area contributed by atoms with E-state index in [1.807, 2.05) is 24.7 Å². The summed E-state index contributed by atoms with van der Waals surface area (Å²) in [6.07, 6.45) is 9.25. The monoisotopic (exact) mass is 498 g/mol. The zero-order valence-electron chi connectivity index (χ0n) is 22.0. The fraction of sp³-hybridized carbons (Fsp3) is 0.654. The Morgan fingerprint density at radius 1 is 1.22 bits per heavy atom. The number of rotatable bonds is 11. The number of hydrogen-bond donors (Lipinski definition) is 1. The number of nitrogens with zero attached hydrogens (tertiary/aromatic N) is 5. The van der Waals surface area contributed by atoms with Crippen LogP contribution < -0.4 is 5.32 Å². The highest BCUT2D eigenvalue weighted by atomic mass is 16.7. The third-order valence-corrected chi connectivity index (χ3v) is 6.10. The Kier molecular flexibility index (Phi) is 9.79. The molecule has 2 aromatic rings. The van der Waals surface area contributed by atoms with Crippen LogP contribution in [-0.2, 0) is 20.6 Å². The quantitative estimate of drug-likeness (QED) is 0.415. The van der Waals surface area contributed by atoms with Gasteiger partial charge in [-0.1, -0.05) is 12.8 Å². The largest absolute Gasteiger partial charge is 0.444 e. The number of ether oxygens (including phenoxy) is 3. The third kappa shape index (κ3) is 7.48. The maximum atomic E-state index is 12.6. The number of carbonyl (C=O) groups is 1. The lowest BCUT2D eigenvalue weighted by Crippen LogP contribution is -2.28. The van der Waals surface area contributed by atoms with Crippen molar-refractivity contribution in [2.75, 3.05) is 18.5 Å². The molecule has 0 radical (unpaired) electrons. The van der Waals surface area contributed by atoms with E-state index in [1.165, 1.54) is 19.2 Å². The molecule has 0 unspecified atom stereocenters. The lowest BCUT2D eigenvalue weighted by Gasteiger charge is -2.22. The Morgan fingerprint density at radius 3 is 2.53 bits per heavy atom. The fourth-order valence-electron chi connectivity index (χ4n) is 4.62. The van der Waals surface area contributed by atoms with Crippen LogP contribution in [0.3, 0.4) is 0 Å². The van der Waals surface area contributed by atoms with Crippen molar-refractivity contribution >= 4 is 11.9 Å². The first-order chi connectivity index (χ1) is 17.3. The van der Waals surface area contributed by atoms with Crippen LogP contribution in [0.5, 0.6) is 0 Å². The molecule has 3 rings (SSSR count). The molecule has 1 atom stereocenters. The second kappa shape index (κ2) is 12.8. The lowest BCUT2D eigenvalue weighted by molar-refractivity contribution is -0.134.